The molecule has 0 aromatic heterocycles. The lowest BCUT2D eigenvalue weighted by Gasteiger charge is -2.12. The van der Waals surface area contributed by atoms with Crippen molar-refractivity contribution in [2.75, 3.05) is 13.7 Å². The molecule has 0 saturated carbocycles. The summed E-state index contributed by atoms with van der Waals surface area (Å²) in [4.78, 5) is 16.2. The molecule has 9 heteroatoms. The normalized spacial score (nSPS) is 14.8. The number of ether oxygens (including phenoxy) is 3. The highest BCUT2D eigenvalue weighted by atomic mass is 35.5. The lowest BCUT2D eigenvalue weighted by molar-refractivity contribution is -0.129. The second-order valence-corrected chi connectivity index (χ2v) is 6.78. The zero-order valence-corrected chi connectivity index (χ0v) is 16.9. The summed E-state index contributed by atoms with van der Waals surface area (Å²) in [7, 11) is 1.46. The van der Waals surface area contributed by atoms with Gasteiger partial charge in [0.2, 0.25) is 5.90 Å². The molecule has 0 fully saturated rings. The first-order valence-corrected chi connectivity index (χ1v) is 9.27. The van der Waals surface area contributed by atoms with E-state index < -0.39 is 17.6 Å². The maximum Gasteiger partial charge on any atom is 0.363 e. The van der Waals surface area contributed by atoms with Crippen LogP contribution in [0.1, 0.15) is 24.5 Å². The number of esters is 1. The Hall–Kier alpha value is -2.64. The summed E-state index contributed by atoms with van der Waals surface area (Å²) in [6.07, 6.45) is 2.21. The van der Waals surface area contributed by atoms with Crippen LogP contribution in [0.2, 0.25) is 10.0 Å². The molecule has 1 aliphatic rings. The fourth-order valence-electron chi connectivity index (χ4n) is 2.54. The molecule has 0 N–H and O–H groups in total. The number of hydrogen-bond donors (Lipinski definition) is 0. The van der Waals surface area contributed by atoms with Gasteiger partial charge in [-0.05, 0) is 42.3 Å². The van der Waals surface area contributed by atoms with Gasteiger partial charge in [0.1, 0.15) is 0 Å². The van der Waals surface area contributed by atoms with Crippen molar-refractivity contribution < 1.29 is 27.8 Å². The van der Waals surface area contributed by atoms with E-state index in [1.54, 1.807) is 12.1 Å². The van der Waals surface area contributed by atoms with Gasteiger partial charge in [-0.1, -0.05) is 30.1 Å². The Labute approximate surface area is 175 Å². The number of aliphatic imine (C=N–C) groups is 1. The number of cyclic esters (lactones) is 1. The Kier molecular flexibility index (Phi) is 6.39. The molecule has 29 heavy (non-hydrogen) atoms. The first-order valence-electron chi connectivity index (χ1n) is 8.51. The van der Waals surface area contributed by atoms with Gasteiger partial charge in [0, 0.05) is 0 Å². The van der Waals surface area contributed by atoms with Crippen LogP contribution in [0.15, 0.2) is 35.0 Å². The van der Waals surface area contributed by atoms with Crippen LogP contribution in [0.3, 0.4) is 0 Å². The number of hydrogen-bond acceptors (Lipinski definition) is 5. The highest BCUT2D eigenvalue weighted by Gasteiger charge is 2.27. The van der Waals surface area contributed by atoms with E-state index in [1.807, 2.05) is 6.92 Å². The Morgan fingerprint density at radius 3 is 2.55 bits per heavy atom. The third kappa shape index (κ3) is 4.52. The number of carbonyl (C=O) groups is 1. The smallest absolute Gasteiger partial charge is 0.363 e. The van der Waals surface area contributed by atoms with Gasteiger partial charge >= 0.3 is 5.97 Å². The average Bonchev–Trinajstić information content (AvgIpc) is 3.03. The Balaban J connectivity index is 1.97. The number of nitrogens with zero attached hydrogens (tertiary/aromatic N) is 1. The van der Waals surface area contributed by atoms with Crippen molar-refractivity contribution in [3.63, 3.8) is 0 Å². The molecule has 2 aromatic rings. The van der Waals surface area contributed by atoms with Crippen molar-refractivity contribution in [1.29, 1.82) is 0 Å². The van der Waals surface area contributed by atoms with Crippen molar-refractivity contribution in [2.24, 2.45) is 4.99 Å². The van der Waals surface area contributed by atoms with Crippen molar-refractivity contribution in [1.82, 2.24) is 0 Å². The van der Waals surface area contributed by atoms with E-state index in [1.165, 1.54) is 13.2 Å². The SMILES string of the molecule is CCCOc1c(Cl)cc(/C=C2/N=C(c3cc(F)c(F)cc3Cl)OC2=O)cc1OC. The van der Waals surface area contributed by atoms with Gasteiger partial charge in [-0.25, -0.2) is 18.6 Å². The number of carbonyl (C=O) groups excluding carboxylic acids is 1. The molecule has 1 aliphatic heterocycles. The van der Waals surface area contributed by atoms with Gasteiger partial charge in [-0.15, -0.1) is 0 Å². The molecular formula is C20H15Cl2F2NO4. The molecule has 0 aliphatic carbocycles. The van der Waals surface area contributed by atoms with Gasteiger partial charge in [0.15, 0.2) is 28.8 Å². The van der Waals surface area contributed by atoms with Gasteiger partial charge in [0.25, 0.3) is 0 Å². The van der Waals surface area contributed by atoms with Crippen LogP contribution in [0, 0.1) is 11.6 Å². The molecule has 1 heterocycles. The third-order valence-corrected chi connectivity index (χ3v) is 4.46. The van der Waals surface area contributed by atoms with Crippen LogP contribution in [-0.2, 0) is 9.53 Å². The second-order valence-electron chi connectivity index (χ2n) is 5.96. The van der Waals surface area contributed by atoms with Crippen molar-refractivity contribution in [3.8, 4) is 11.5 Å². The van der Waals surface area contributed by atoms with Crippen molar-refractivity contribution >= 4 is 41.1 Å². The van der Waals surface area contributed by atoms with E-state index in [2.05, 4.69) is 4.99 Å². The van der Waals surface area contributed by atoms with E-state index in [-0.39, 0.29) is 22.2 Å². The third-order valence-electron chi connectivity index (χ3n) is 3.87. The van der Waals surface area contributed by atoms with E-state index in [0.717, 1.165) is 18.6 Å². The lowest BCUT2D eigenvalue weighted by atomic mass is 10.1. The predicted octanol–water partition coefficient (Wildman–Crippen LogP) is 5.41. The zero-order chi connectivity index (χ0) is 21.1. The Morgan fingerprint density at radius 1 is 1.14 bits per heavy atom. The molecule has 5 nitrogen and oxygen atoms in total. The first-order chi connectivity index (χ1) is 13.8. The van der Waals surface area contributed by atoms with Gasteiger partial charge in [-0.3, -0.25) is 0 Å². The lowest BCUT2D eigenvalue weighted by Crippen LogP contribution is -2.07. The summed E-state index contributed by atoms with van der Waals surface area (Å²) >= 11 is 12.2. The summed E-state index contributed by atoms with van der Waals surface area (Å²) in [5, 5.41) is 0.155. The van der Waals surface area contributed by atoms with E-state index in [0.29, 0.717) is 28.7 Å². The fraction of sp³-hybridized carbons (Fsp3) is 0.200. The fourth-order valence-corrected chi connectivity index (χ4v) is 3.04. The van der Waals surface area contributed by atoms with Crippen molar-refractivity contribution in [2.45, 2.75) is 13.3 Å². The molecule has 0 bridgehead atoms. The Morgan fingerprint density at radius 2 is 1.86 bits per heavy atom. The molecule has 152 valence electrons. The molecule has 0 amide bonds. The molecule has 0 saturated heterocycles. The van der Waals surface area contributed by atoms with E-state index in [4.69, 9.17) is 37.4 Å². The van der Waals surface area contributed by atoms with E-state index >= 15 is 0 Å². The summed E-state index contributed by atoms with van der Waals surface area (Å²) in [5.41, 5.74) is 0.395. The Bertz CT molecular complexity index is 1040. The zero-order valence-electron chi connectivity index (χ0n) is 15.4. The van der Waals surface area contributed by atoms with Crippen LogP contribution >= 0.6 is 23.2 Å². The van der Waals surface area contributed by atoms with Gasteiger partial charge < -0.3 is 14.2 Å². The molecule has 0 radical (unpaired) electrons. The predicted molar refractivity (Wildman–Crippen MR) is 106 cm³/mol. The van der Waals surface area contributed by atoms with Crippen LogP contribution in [-0.4, -0.2) is 25.6 Å². The number of rotatable bonds is 6. The van der Waals surface area contributed by atoms with E-state index in [9.17, 15) is 13.6 Å². The summed E-state index contributed by atoms with van der Waals surface area (Å²) < 4.78 is 42.7. The highest BCUT2D eigenvalue weighted by molar-refractivity contribution is 6.34. The number of halogens is 4. The molecule has 3 rings (SSSR count). The minimum absolute atomic E-state index is 0.0405. The summed E-state index contributed by atoms with van der Waals surface area (Å²) in [6, 6.07) is 4.79. The molecule has 0 atom stereocenters. The molecule has 2 aromatic carbocycles. The van der Waals surface area contributed by atoms with Crippen LogP contribution in [0.25, 0.3) is 6.08 Å². The first kappa shape index (κ1) is 21.1. The second kappa shape index (κ2) is 8.80. The van der Waals surface area contributed by atoms with Crippen LogP contribution in [0.4, 0.5) is 8.78 Å². The summed E-state index contributed by atoms with van der Waals surface area (Å²) in [6.45, 7) is 2.42. The van der Waals surface area contributed by atoms with Gasteiger partial charge in [-0.2, -0.15) is 0 Å². The monoisotopic (exact) mass is 441 g/mol. The average molecular weight is 442 g/mol. The quantitative estimate of drug-likeness (QED) is 0.341. The minimum Gasteiger partial charge on any atom is -0.493 e. The maximum atomic E-state index is 13.5. The minimum atomic E-state index is -1.14. The number of benzene rings is 2. The molecule has 0 spiro atoms. The summed E-state index contributed by atoms with van der Waals surface area (Å²) in [5.74, 6) is -2.48. The standard InChI is InChI=1S/C20H15Cl2F2NO4/c1-3-4-28-18-13(22)5-10(7-17(18)27-2)6-16-20(26)29-19(25-16)11-8-14(23)15(24)9-12(11)21/h5-9H,3-4H2,1-2H3/b16-6+. The maximum absolute atomic E-state index is 13.5. The highest BCUT2D eigenvalue weighted by Crippen LogP contribution is 2.37. The van der Waals surface area contributed by atoms with Crippen LogP contribution < -0.4 is 9.47 Å². The molecular weight excluding hydrogens is 427 g/mol. The van der Waals surface area contributed by atoms with Crippen molar-refractivity contribution in [3.05, 3.63) is 62.8 Å². The topological polar surface area (TPSA) is 57.1 Å². The number of methoxy groups -OCH3 is 1. The largest absolute Gasteiger partial charge is 0.493 e. The molecule has 0 unspecified atom stereocenters. The van der Waals surface area contributed by atoms with Gasteiger partial charge in [0.05, 0.1) is 29.3 Å². The van der Waals surface area contributed by atoms with Crippen LogP contribution in [0.5, 0.6) is 11.5 Å².